The van der Waals surface area contributed by atoms with E-state index in [1.807, 2.05) is 0 Å². The van der Waals surface area contributed by atoms with Crippen LogP contribution in [0.25, 0.3) is 0 Å². The first-order chi connectivity index (χ1) is 24.1. The molecule has 5 nitrogen and oxygen atoms in total. The molecule has 0 aromatic carbocycles. The zero-order valence-electron chi connectivity index (χ0n) is 32.5. The number of unbranched alkanes of at least 4 members (excludes halogenated alkanes) is 24. The fourth-order valence-electron chi connectivity index (χ4n) is 5.97. The first-order valence-corrected chi connectivity index (χ1v) is 21.0. The third-order valence-electron chi connectivity index (χ3n) is 9.19. The molecule has 1 N–H and O–H groups in total. The van der Waals surface area contributed by atoms with Crippen LogP contribution >= 0.6 is 0 Å². The van der Waals surface area contributed by atoms with E-state index in [0.29, 0.717) is 12.8 Å². The predicted octanol–water partition coefficient (Wildman–Crippen LogP) is 13.2. The lowest BCUT2D eigenvalue weighted by Gasteiger charge is -2.15. The molecule has 286 valence electrons. The molecule has 0 heterocycles. The molecule has 0 aromatic rings. The van der Waals surface area contributed by atoms with Crippen molar-refractivity contribution in [3.8, 4) is 0 Å². The minimum atomic E-state index is -0.775. The minimum Gasteiger partial charge on any atom is -0.462 e. The summed E-state index contributed by atoms with van der Waals surface area (Å²) in [6.45, 7) is 4.12. The van der Waals surface area contributed by atoms with Crippen molar-refractivity contribution in [2.45, 2.75) is 219 Å². The molecule has 0 aliphatic carbocycles. The molecule has 0 amide bonds. The second-order valence-electron chi connectivity index (χ2n) is 14.1. The smallest absolute Gasteiger partial charge is 0.306 e. The van der Waals surface area contributed by atoms with Crippen molar-refractivity contribution in [2.75, 3.05) is 13.2 Å². The van der Waals surface area contributed by atoms with Crippen molar-refractivity contribution in [1.29, 1.82) is 0 Å². The largest absolute Gasteiger partial charge is 0.462 e. The van der Waals surface area contributed by atoms with Gasteiger partial charge in [-0.2, -0.15) is 0 Å². The molecular weight excluding hydrogens is 608 g/mol. The van der Waals surface area contributed by atoms with Crippen LogP contribution in [0.15, 0.2) is 36.5 Å². The average Bonchev–Trinajstić information content (AvgIpc) is 3.10. The van der Waals surface area contributed by atoms with Crippen molar-refractivity contribution in [3.05, 3.63) is 36.5 Å². The van der Waals surface area contributed by atoms with Crippen molar-refractivity contribution in [1.82, 2.24) is 0 Å². The van der Waals surface area contributed by atoms with Gasteiger partial charge < -0.3 is 14.6 Å². The van der Waals surface area contributed by atoms with E-state index in [0.717, 1.165) is 57.8 Å². The maximum absolute atomic E-state index is 12.2. The Hall–Kier alpha value is -1.88. The van der Waals surface area contributed by atoms with Crippen molar-refractivity contribution < 1.29 is 24.2 Å². The molecule has 0 aliphatic heterocycles. The third kappa shape index (κ3) is 38.8. The van der Waals surface area contributed by atoms with Crippen molar-refractivity contribution in [2.24, 2.45) is 0 Å². The summed E-state index contributed by atoms with van der Waals surface area (Å²) >= 11 is 0. The van der Waals surface area contributed by atoms with Gasteiger partial charge >= 0.3 is 11.9 Å². The Morgan fingerprint density at radius 1 is 0.469 bits per heavy atom. The molecule has 0 aromatic heterocycles. The number of hydrogen-bond acceptors (Lipinski definition) is 5. The quantitative estimate of drug-likeness (QED) is 0.0397. The standard InChI is InChI=1S/C44H80O5/c1-3-5-7-9-11-13-15-17-19-20-21-22-23-24-25-27-29-31-33-35-37-39-44(47)49-42(40-45)41-48-43(46)38-36-34-32-30-28-26-18-16-14-12-10-8-6-4-2/h15,17,20-21,23-24,42,45H,3-14,16,18-19,22,25-41H2,1-2H3/b17-15-,21-20-,24-23-. The van der Waals surface area contributed by atoms with E-state index in [1.165, 1.54) is 128 Å². The number of allylic oxidation sites excluding steroid dienone is 6. The highest BCUT2D eigenvalue weighted by atomic mass is 16.6. The molecule has 5 heteroatoms. The summed E-state index contributed by atoms with van der Waals surface area (Å²) in [6.07, 6.45) is 49.2. The number of carbonyl (C=O) groups is 2. The second-order valence-corrected chi connectivity index (χ2v) is 14.1. The van der Waals surface area contributed by atoms with Gasteiger partial charge in [0.1, 0.15) is 6.61 Å². The third-order valence-corrected chi connectivity index (χ3v) is 9.19. The topological polar surface area (TPSA) is 72.8 Å². The van der Waals surface area contributed by atoms with E-state index in [-0.39, 0.29) is 25.2 Å². The van der Waals surface area contributed by atoms with E-state index in [4.69, 9.17) is 9.47 Å². The van der Waals surface area contributed by atoms with Crippen LogP contribution in [0.1, 0.15) is 213 Å². The van der Waals surface area contributed by atoms with E-state index in [1.54, 1.807) is 0 Å². The maximum Gasteiger partial charge on any atom is 0.306 e. The van der Waals surface area contributed by atoms with Gasteiger partial charge in [-0.1, -0.05) is 185 Å². The number of esters is 2. The molecule has 0 saturated heterocycles. The fourth-order valence-corrected chi connectivity index (χ4v) is 5.97. The number of carbonyl (C=O) groups excluding carboxylic acids is 2. The summed E-state index contributed by atoms with van der Waals surface area (Å²) in [5.41, 5.74) is 0. The van der Waals surface area contributed by atoms with Crippen LogP contribution in [0.4, 0.5) is 0 Å². The minimum absolute atomic E-state index is 0.0684. The van der Waals surface area contributed by atoms with Crippen molar-refractivity contribution in [3.63, 3.8) is 0 Å². The number of hydrogen-bond donors (Lipinski definition) is 1. The normalized spacial score (nSPS) is 12.5. The molecule has 0 aliphatic rings. The van der Waals surface area contributed by atoms with E-state index >= 15 is 0 Å². The lowest BCUT2D eigenvalue weighted by molar-refractivity contribution is -0.161. The monoisotopic (exact) mass is 689 g/mol. The fraction of sp³-hybridized carbons (Fsp3) is 0.818. The molecule has 1 atom stereocenters. The Kier molecular flexibility index (Phi) is 39.0. The Balaban J connectivity index is 3.57. The highest BCUT2D eigenvalue weighted by Gasteiger charge is 2.16. The van der Waals surface area contributed by atoms with Gasteiger partial charge in [-0.15, -0.1) is 0 Å². The van der Waals surface area contributed by atoms with Crippen LogP contribution in [-0.2, 0) is 19.1 Å². The average molecular weight is 689 g/mol. The van der Waals surface area contributed by atoms with Crippen LogP contribution in [0.2, 0.25) is 0 Å². The molecule has 0 saturated carbocycles. The molecule has 49 heavy (non-hydrogen) atoms. The molecular formula is C44H80O5. The van der Waals surface area contributed by atoms with Gasteiger partial charge in [0.2, 0.25) is 0 Å². The molecule has 0 bridgehead atoms. The van der Waals surface area contributed by atoms with E-state index < -0.39 is 6.10 Å². The van der Waals surface area contributed by atoms with Gasteiger partial charge in [0.05, 0.1) is 6.61 Å². The van der Waals surface area contributed by atoms with Gasteiger partial charge in [0.25, 0.3) is 0 Å². The van der Waals surface area contributed by atoms with Gasteiger partial charge in [-0.25, -0.2) is 0 Å². The second kappa shape index (κ2) is 40.5. The van der Waals surface area contributed by atoms with Gasteiger partial charge in [-0.3, -0.25) is 9.59 Å². The number of aliphatic hydroxyl groups is 1. The van der Waals surface area contributed by atoms with E-state index in [2.05, 4.69) is 50.3 Å². The molecule has 0 rings (SSSR count). The SMILES string of the molecule is CCCCCCC/C=C\C/C=C\C/C=C\CCCCCCCCC(=O)OC(CO)COC(=O)CCCCCCCCCCCCCCCC. The lowest BCUT2D eigenvalue weighted by atomic mass is 10.0. The van der Waals surface area contributed by atoms with Crippen LogP contribution in [0.5, 0.6) is 0 Å². The van der Waals surface area contributed by atoms with Gasteiger partial charge in [-0.05, 0) is 51.4 Å². The number of ether oxygens (including phenoxy) is 2. The Bertz CT molecular complexity index is 786. The lowest BCUT2D eigenvalue weighted by Crippen LogP contribution is -2.28. The summed E-state index contributed by atoms with van der Waals surface area (Å²) in [5, 5.41) is 9.56. The highest BCUT2D eigenvalue weighted by Crippen LogP contribution is 2.14. The summed E-state index contributed by atoms with van der Waals surface area (Å²) in [6, 6.07) is 0. The molecule has 0 spiro atoms. The zero-order chi connectivity index (χ0) is 35.7. The van der Waals surface area contributed by atoms with Crippen LogP contribution in [0, 0.1) is 0 Å². The highest BCUT2D eigenvalue weighted by molar-refractivity contribution is 5.70. The first kappa shape index (κ1) is 47.1. The summed E-state index contributed by atoms with van der Waals surface area (Å²) < 4.78 is 10.6. The Labute approximate surface area is 304 Å². The van der Waals surface area contributed by atoms with Crippen LogP contribution in [0.3, 0.4) is 0 Å². The Morgan fingerprint density at radius 3 is 1.22 bits per heavy atom. The zero-order valence-corrected chi connectivity index (χ0v) is 32.5. The van der Waals surface area contributed by atoms with E-state index in [9.17, 15) is 14.7 Å². The first-order valence-electron chi connectivity index (χ1n) is 21.0. The maximum atomic E-state index is 12.2. The predicted molar refractivity (Wildman–Crippen MR) is 210 cm³/mol. The summed E-state index contributed by atoms with van der Waals surface area (Å²) in [5.74, 6) is -0.599. The molecule has 0 radical (unpaired) electrons. The number of aliphatic hydroxyl groups excluding tert-OH is 1. The molecule has 0 fully saturated rings. The van der Waals surface area contributed by atoms with Crippen molar-refractivity contribution >= 4 is 11.9 Å². The summed E-state index contributed by atoms with van der Waals surface area (Å²) in [4.78, 5) is 24.3. The molecule has 1 unspecified atom stereocenters. The van der Waals surface area contributed by atoms with Gasteiger partial charge in [0.15, 0.2) is 6.10 Å². The Morgan fingerprint density at radius 2 is 0.816 bits per heavy atom. The van der Waals surface area contributed by atoms with Crippen LogP contribution < -0.4 is 0 Å². The van der Waals surface area contributed by atoms with Gasteiger partial charge in [0, 0.05) is 12.8 Å². The summed E-state index contributed by atoms with van der Waals surface area (Å²) in [7, 11) is 0. The number of rotatable bonds is 38. The van der Waals surface area contributed by atoms with Crippen LogP contribution in [-0.4, -0.2) is 36.4 Å².